The summed E-state index contributed by atoms with van der Waals surface area (Å²) in [4.78, 5) is 26.6. The molecule has 0 aromatic heterocycles. The minimum atomic E-state index is -0.256. The number of rotatable bonds is 7. The number of hydrogen-bond acceptors (Lipinski definition) is 3. The highest BCUT2D eigenvalue weighted by Crippen LogP contribution is 2.17. The fraction of sp³-hybridized carbons (Fsp3) is 0.217. The minimum absolute atomic E-state index is 0.0550. The first-order valence-electron chi connectivity index (χ1n) is 9.29. The normalized spacial score (nSPS) is 12.0. The third kappa shape index (κ3) is 4.96. The molecule has 0 spiro atoms. The molecule has 0 heterocycles. The Morgan fingerprint density at radius 3 is 2.25 bits per heavy atom. The van der Waals surface area contributed by atoms with Gasteiger partial charge in [0.1, 0.15) is 0 Å². The van der Waals surface area contributed by atoms with E-state index < -0.39 is 0 Å². The summed E-state index contributed by atoms with van der Waals surface area (Å²) in [5.41, 5.74) is 1.68. The Bertz CT molecular complexity index is 954. The van der Waals surface area contributed by atoms with Crippen LogP contribution in [0.1, 0.15) is 22.0 Å². The van der Waals surface area contributed by atoms with Gasteiger partial charge in [-0.15, -0.1) is 0 Å². The van der Waals surface area contributed by atoms with Crippen molar-refractivity contribution in [3.05, 3.63) is 83.9 Å². The van der Waals surface area contributed by atoms with Gasteiger partial charge in [0.25, 0.3) is 5.91 Å². The van der Waals surface area contributed by atoms with Gasteiger partial charge in [0.05, 0.1) is 12.6 Å². The van der Waals surface area contributed by atoms with Crippen molar-refractivity contribution in [3.8, 4) is 0 Å². The van der Waals surface area contributed by atoms with Crippen molar-refractivity contribution in [2.75, 3.05) is 27.2 Å². The number of nitrogens with one attached hydrogen (secondary N) is 2. The van der Waals surface area contributed by atoms with Crippen molar-refractivity contribution in [1.82, 2.24) is 15.5 Å². The molecule has 0 aliphatic heterocycles. The maximum atomic E-state index is 12.4. The van der Waals surface area contributed by atoms with E-state index in [1.807, 2.05) is 80.8 Å². The van der Waals surface area contributed by atoms with Gasteiger partial charge in [-0.3, -0.25) is 9.59 Å². The van der Waals surface area contributed by atoms with Crippen molar-refractivity contribution in [2.45, 2.75) is 6.04 Å². The quantitative estimate of drug-likeness (QED) is 0.667. The second-order valence-electron chi connectivity index (χ2n) is 6.94. The predicted octanol–water partition coefficient (Wildman–Crippen LogP) is 2.99. The average molecular weight is 375 g/mol. The number of fused-ring (bicyclic) bond motifs is 1. The van der Waals surface area contributed by atoms with Gasteiger partial charge in [-0.2, -0.15) is 0 Å². The number of nitrogens with zero attached hydrogens (tertiary/aromatic N) is 1. The smallest absolute Gasteiger partial charge is 0.251 e. The van der Waals surface area contributed by atoms with Gasteiger partial charge < -0.3 is 15.5 Å². The molecule has 0 saturated carbocycles. The predicted molar refractivity (Wildman–Crippen MR) is 112 cm³/mol. The van der Waals surface area contributed by atoms with Crippen LogP contribution in [0, 0.1) is 0 Å². The van der Waals surface area contributed by atoms with Gasteiger partial charge >= 0.3 is 0 Å². The van der Waals surface area contributed by atoms with E-state index in [0.717, 1.165) is 16.3 Å². The first kappa shape index (κ1) is 19.6. The van der Waals surface area contributed by atoms with E-state index in [1.54, 1.807) is 6.07 Å². The Labute approximate surface area is 165 Å². The van der Waals surface area contributed by atoms with Crippen LogP contribution in [0.2, 0.25) is 0 Å². The maximum absolute atomic E-state index is 12.4. The molecule has 3 aromatic rings. The topological polar surface area (TPSA) is 61.4 Å². The zero-order valence-electron chi connectivity index (χ0n) is 16.2. The summed E-state index contributed by atoms with van der Waals surface area (Å²) < 4.78 is 0. The van der Waals surface area contributed by atoms with Crippen LogP contribution in [0.15, 0.2) is 72.8 Å². The number of carbonyl (C=O) groups is 2. The lowest BCUT2D eigenvalue weighted by Gasteiger charge is -2.25. The second kappa shape index (κ2) is 9.15. The highest BCUT2D eigenvalue weighted by molar-refractivity contribution is 5.99. The van der Waals surface area contributed by atoms with Crippen LogP contribution in [0.3, 0.4) is 0 Å². The fourth-order valence-corrected chi connectivity index (χ4v) is 3.14. The number of likely N-dealkylation sites (N-methyl/N-ethyl adjacent to an activating group) is 1. The lowest BCUT2D eigenvalue weighted by atomic mass is 10.1. The Morgan fingerprint density at radius 1 is 0.857 bits per heavy atom. The molecule has 2 N–H and O–H groups in total. The lowest BCUT2D eigenvalue weighted by Crippen LogP contribution is -2.40. The van der Waals surface area contributed by atoms with Gasteiger partial charge in [0, 0.05) is 12.1 Å². The van der Waals surface area contributed by atoms with Gasteiger partial charge in [-0.25, -0.2) is 0 Å². The molecule has 0 aliphatic rings. The molecular formula is C23H25N3O2. The molecule has 0 saturated heterocycles. The summed E-state index contributed by atoms with van der Waals surface area (Å²) in [5, 5.41) is 7.67. The summed E-state index contributed by atoms with van der Waals surface area (Å²) in [6.07, 6.45) is 0. The number of benzene rings is 3. The monoisotopic (exact) mass is 375 g/mol. The molecule has 3 aromatic carbocycles. The van der Waals surface area contributed by atoms with Gasteiger partial charge in [-0.1, -0.05) is 60.7 Å². The highest BCUT2D eigenvalue weighted by atomic mass is 16.2. The summed E-state index contributed by atoms with van der Waals surface area (Å²) >= 11 is 0. The van der Waals surface area contributed by atoms with E-state index in [2.05, 4.69) is 15.5 Å². The third-order valence-electron chi connectivity index (χ3n) is 4.72. The Morgan fingerprint density at radius 2 is 1.54 bits per heavy atom. The molecule has 0 unspecified atom stereocenters. The van der Waals surface area contributed by atoms with E-state index in [0.29, 0.717) is 12.1 Å². The standard InChI is InChI=1S/C23H25N3O2/c1-26(2)21(18-9-4-3-5-10-18)15-24-22(27)16-25-23(28)20-13-12-17-8-6-7-11-19(17)14-20/h3-14,21H,15-16H2,1-2H3,(H,24,27)(H,25,28)/t21-/m1/s1. The number of hydrogen-bond donors (Lipinski definition) is 2. The molecule has 5 heteroatoms. The maximum Gasteiger partial charge on any atom is 0.251 e. The average Bonchev–Trinajstić information content (AvgIpc) is 2.72. The molecule has 28 heavy (non-hydrogen) atoms. The molecule has 0 bridgehead atoms. The second-order valence-corrected chi connectivity index (χ2v) is 6.94. The molecule has 2 amide bonds. The molecule has 0 radical (unpaired) electrons. The van der Waals surface area contributed by atoms with Crippen LogP contribution in [-0.2, 0) is 4.79 Å². The van der Waals surface area contributed by atoms with E-state index >= 15 is 0 Å². The first-order chi connectivity index (χ1) is 13.5. The number of amides is 2. The van der Waals surface area contributed by atoms with Gasteiger partial charge in [0.2, 0.25) is 5.91 Å². The Hall–Kier alpha value is -3.18. The van der Waals surface area contributed by atoms with Crippen molar-refractivity contribution in [3.63, 3.8) is 0 Å². The molecule has 1 atom stereocenters. The van der Waals surface area contributed by atoms with Gasteiger partial charge in [0.15, 0.2) is 0 Å². The zero-order valence-corrected chi connectivity index (χ0v) is 16.2. The molecule has 0 aliphatic carbocycles. The van der Waals surface area contributed by atoms with Gasteiger partial charge in [-0.05, 0) is 42.6 Å². The van der Waals surface area contributed by atoms with Crippen molar-refractivity contribution < 1.29 is 9.59 Å². The summed E-state index contributed by atoms with van der Waals surface area (Å²) in [6.45, 7) is 0.419. The first-order valence-corrected chi connectivity index (χ1v) is 9.29. The number of carbonyl (C=O) groups excluding carboxylic acids is 2. The third-order valence-corrected chi connectivity index (χ3v) is 4.72. The highest BCUT2D eigenvalue weighted by Gasteiger charge is 2.15. The molecule has 144 valence electrons. The molecule has 0 fully saturated rings. The largest absolute Gasteiger partial charge is 0.353 e. The zero-order chi connectivity index (χ0) is 19.9. The van der Waals surface area contributed by atoms with Crippen LogP contribution in [0.25, 0.3) is 10.8 Å². The van der Waals surface area contributed by atoms with Crippen molar-refractivity contribution in [1.29, 1.82) is 0 Å². The van der Waals surface area contributed by atoms with Crippen LogP contribution in [0.5, 0.6) is 0 Å². The summed E-state index contributed by atoms with van der Waals surface area (Å²) in [5.74, 6) is -0.468. The summed E-state index contributed by atoms with van der Waals surface area (Å²) in [6, 6.07) is 23.5. The summed E-state index contributed by atoms with van der Waals surface area (Å²) in [7, 11) is 3.96. The van der Waals surface area contributed by atoms with Crippen LogP contribution >= 0.6 is 0 Å². The lowest BCUT2D eigenvalue weighted by molar-refractivity contribution is -0.120. The van der Waals surface area contributed by atoms with Crippen LogP contribution in [0.4, 0.5) is 0 Å². The molecular weight excluding hydrogens is 350 g/mol. The van der Waals surface area contributed by atoms with E-state index in [-0.39, 0.29) is 24.4 Å². The SMILES string of the molecule is CN(C)[C@H](CNC(=O)CNC(=O)c1ccc2ccccc2c1)c1ccccc1. The van der Waals surface area contributed by atoms with Crippen molar-refractivity contribution >= 4 is 22.6 Å². The fourth-order valence-electron chi connectivity index (χ4n) is 3.14. The van der Waals surface area contributed by atoms with Crippen LogP contribution < -0.4 is 10.6 Å². The van der Waals surface area contributed by atoms with E-state index in [9.17, 15) is 9.59 Å². The van der Waals surface area contributed by atoms with Crippen molar-refractivity contribution in [2.24, 2.45) is 0 Å². The van der Waals surface area contributed by atoms with E-state index in [4.69, 9.17) is 0 Å². The molecule has 3 rings (SSSR count). The Kier molecular flexibility index (Phi) is 6.40. The van der Waals surface area contributed by atoms with E-state index in [1.165, 1.54) is 0 Å². The van der Waals surface area contributed by atoms with Crippen LogP contribution in [-0.4, -0.2) is 43.9 Å². The Balaban J connectivity index is 1.53. The molecule has 5 nitrogen and oxygen atoms in total. The minimum Gasteiger partial charge on any atom is -0.353 e.